The van der Waals surface area contributed by atoms with E-state index in [2.05, 4.69) is 6.92 Å². The minimum absolute atomic E-state index is 0.192. The molecule has 16 heavy (non-hydrogen) atoms. The highest BCUT2D eigenvalue weighted by Crippen LogP contribution is 2.26. The number of hydrogen-bond donors (Lipinski definition) is 1. The molecule has 3 heteroatoms. The third kappa shape index (κ3) is 4.12. The molecule has 1 aliphatic rings. The van der Waals surface area contributed by atoms with Crippen molar-refractivity contribution >= 4 is 5.91 Å². The molecular formula is C13H25NO2. The first-order valence-corrected chi connectivity index (χ1v) is 6.51. The Kier molecular flexibility index (Phi) is 5.81. The maximum atomic E-state index is 11.8. The highest BCUT2D eigenvalue weighted by atomic mass is 16.3. The standard InChI is InChI=1S/C13H25NO2/c1-11-6-8-12(9-7-11)14(2)13(16)5-3-4-10-15/h11-12,15H,3-10H2,1-2H3. The molecule has 0 saturated heterocycles. The summed E-state index contributed by atoms with van der Waals surface area (Å²) in [4.78, 5) is 13.8. The van der Waals surface area contributed by atoms with E-state index < -0.39 is 0 Å². The van der Waals surface area contributed by atoms with Crippen molar-refractivity contribution < 1.29 is 9.90 Å². The minimum Gasteiger partial charge on any atom is -0.396 e. The number of unbranched alkanes of at least 4 members (excludes halogenated alkanes) is 1. The smallest absolute Gasteiger partial charge is 0.222 e. The molecule has 0 unspecified atom stereocenters. The lowest BCUT2D eigenvalue weighted by Gasteiger charge is -2.33. The Bertz CT molecular complexity index is 210. The van der Waals surface area contributed by atoms with Crippen LogP contribution in [-0.4, -0.2) is 35.6 Å². The van der Waals surface area contributed by atoms with E-state index in [4.69, 9.17) is 5.11 Å². The van der Waals surface area contributed by atoms with Gasteiger partial charge in [-0.1, -0.05) is 6.92 Å². The van der Waals surface area contributed by atoms with Crippen LogP contribution in [0.4, 0.5) is 0 Å². The fourth-order valence-corrected chi connectivity index (χ4v) is 2.40. The second-order valence-electron chi connectivity index (χ2n) is 5.10. The van der Waals surface area contributed by atoms with Crippen LogP contribution in [0, 0.1) is 5.92 Å². The molecule has 1 amide bonds. The van der Waals surface area contributed by atoms with E-state index in [0.717, 1.165) is 31.6 Å². The Balaban J connectivity index is 2.27. The van der Waals surface area contributed by atoms with Gasteiger partial charge in [0.15, 0.2) is 0 Å². The van der Waals surface area contributed by atoms with Gasteiger partial charge >= 0.3 is 0 Å². The average Bonchev–Trinajstić information content (AvgIpc) is 2.29. The highest BCUT2D eigenvalue weighted by Gasteiger charge is 2.24. The van der Waals surface area contributed by atoms with Crippen molar-refractivity contribution in [3.05, 3.63) is 0 Å². The molecule has 0 spiro atoms. The molecular weight excluding hydrogens is 202 g/mol. The lowest BCUT2D eigenvalue weighted by molar-refractivity contribution is -0.132. The quantitative estimate of drug-likeness (QED) is 0.731. The summed E-state index contributed by atoms with van der Waals surface area (Å²) in [7, 11) is 1.93. The fraction of sp³-hybridized carbons (Fsp3) is 0.923. The molecule has 0 bridgehead atoms. The highest BCUT2D eigenvalue weighted by molar-refractivity contribution is 5.76. The van der Waals surface area contributed by atoms with Gasteiger partial charge in [-0.25, -0.2) is 0 Å². The van der Waals surface area contributed by atoms with Crippen LogP contribution in [0.3, 0.4) is 0 Å². The molecule has 0 radical (unpaired) electrons. The van der Waals surface area contributed by atoms with Crippen molar-refractivity contribution in [2.75, 3.05) is 13.7 Å². The zero-order valence-corrected chi connectivity index (χ0v) is 10.6. The molecule has 0 aromatic heterocycles. The number of amides is 1. The van der Waals surface area contributed by atoms with Crippen molar-refractivity contribution in [2.45, 2.75) is 57.9 Å². The summed E-state index contributed by atoms with van der Waals surface area (Å²) in [6, 6.07) is 0.456. The van der Waals surface area contributed by atoms with Gasteiger partial charge in [0.25, 0.3) is 0 Å². The number of carbonyl (C=O) groups is 1. The largest absolute Gasteiger partial charge is 0.396 e. The first-order valence-electron chi connectivity index (χ1n) is 6.51. The molecule has 1 rings (SSSR count). The molecule has 0 aliphatic heterocycles. The van der Waals surface area contributed by atoms with Gasteiger partial charge < -0.3 is 10.0 Å². The predicted octanol–water partition coefficient (Wildman–Crippen LogP) is 2.19. The van der Waals surface area contributed by atoms with Crippen molar-refractivity contribution in [1.82, 2.24) is 4.90 Å². The Morgan fingerprint density at radius 1 is 1.25 bits per heavy atom. The summed E-state index contributed by atoms with van der Waals surface area (Å²) in [5, 5.41) is 8.67. The Hall–Kier alpha value is -0.570. The molecule has 94 valence electrons. The average molecular weight is 227 g/mol. The number of aliphatic hydroxyl groups is 1. The number of nitrogens with zero attached hydrogens (tertiary/aromatic N) is 1. The Morgan fingerprint density at radius 2 is 1.88 bits per heavy atom. The summed E-state index contributed by atoms with van der Waals surface area (Å²) in [6.07, 6.45) is 6.94. The van der Waals surface area contributed by atoms with Gasteiger partial charge in [0.2, 0.25) is 5.91 Å². The molecule has 0 atom stereocenters. The second kappa shape index (κ2) is 6.89. The van der Waals surface area contributed by atoms with Crippen LogP contribution in [0.25, 0.3) is 0 Å². The van der Waals surface area contributed by atoms with Crippen LogP contribution in [-0.2, 0) is 4.79 Å². The number of carbonyl (C=O) groups excluding carboxylic acids is 1. The summed E-state index contributed by atoms with van der Waals surface area (Å²) in [5.41, 5.74) is 0. The Morgan fingerprint density at radius 3 is 2.44 bits per heavy atom. The predicted molar refractivity (Wildman–Crippen MR) is 65.1 cm³/mol. The van der Waals surface area contributed by atoms with Gasteiger partial charge in [0.05, 0.1) is 0 Å². The summed E-state index contributed by atoms with van der Waals surface area (Å²) in [5.74, 6) is 1.07. The minimum atomic E-state index is 0.192. The van der Waals surface area contributed by atoms with E-state index >= 15 is 0 Å². The monoisotopic (exact) mass is 227 g/mol. The lowest BCUT2D eigenvalue weighted by atomic mass is 9.86. The molecule has 0 aromatic carbocycles. The third-order valence-electron chi connectivity index (χ3n) is 3.73. The van der Waals surface area contributed by atoms with Gasteiger partial charge in [-0.3, -0.25) is 4.79 Å². The lowest BCUT2D eigenvalue weighted by Crippen LogP contribution is -2.39. The van der Waals surface area contributed by atoms with Crippen LogP contribution in [0.1, 0.15) is 51.9 Å². The van der Waals surface area contributed by atoms with E-state index in [1.807, 2.05) is 11.9 Å². The van der Waals surface area contributed by atoms with Crippen molar-refractivity contribution in [2.24, 2.45) is 5.92 Å². The molecule has 3 nitrogen and oxygen atoms in total. The van der Waals surface area contributed by atoms with Gasteiger partial charge in [0, 0.05) is 26.1 Å². The van der Waals surface area contributed by atoms with Crippen LogP contribution < -0.4 is 0 Å². The SMILES string of the molecule is CC1CCC(N(C)C(=O)CCCCO)CC1. The molecule has 1 saturated carbocycles. The van der Waals surface area contributed by atoms with Crippen molar-refractivity contribution in [1.29, 1.82) is 0 Å². The number of rotatable bonds is 5. The first kappa shape index (κ1) is 13.5. The van der Waals surface area contributed by atoms with Crippen molar-refractivity contribution in [3.8, 4) is 0 Å². The van der Waals surface area contributed by atoms with Crippen LogP contribution in [0.15, 0.2) is 0 Å². The summed E-state index contributed by atoms with van der Waals surface area (Å²) >= 11 is 0. The molecule has 1 fully saturated rings. The van der Waals surface area contributed by atoms with Crippen LogP contribution >= 0.6 is 0 Å². The zero-order valence-electron chi connectivity index (χ0n) is 10.6. The molecule has 1 aliphatic carbocycles. The van der Waals surface area contributed by atoms with E-state index in [1.54, 1.807) is 0 Å². The summed E-state index contributed by atoms with van der Waals surface area (Å²) < 4.78 is 0. The van der Waals surface area contributed by atoms with Gasteiger partial charge in [-0.05, 0) is 44.4 Å². The van der Waals surface area contributed by atoms with E-state index in [-0.39, 0.29) is 12.5 Å². The van der Waals surface area contributed by atoms with Gasteiger partial charge in [0.1, 0.15) is 0 Å². The Labute approximate surface area is 98.8 Å². The third-order valence-corrected chi connectivity index (χ3v) is 3.73. The number of hydrogen-bond acceptors (Lipinski definition) is 2. The van der Waals surface area contributed by atoms with Gasteiger partial charge in [-0.2, -0.15) is 0 Å². The van der Waals surface area contributed by atoms with Crippen LogP contribution in [0.5, 0.6) is 0 Å². The van der Waals surface area contributed by atoms with E-state index in [0.29, 0.717) is 12.5 Å². The molecule has 1 N–H and O–H groups in total. The zero-order chi connectivity index (χ0) is 12.0. The topological polar surface area (TPSA) is 40.5 Å². The second-order valence-corrected chi connectivity index (χ2v) is 5.10. The number of aliphatic hydroxyl groups excluding tert-OH is 1. The summed E-state index contributed by atoms with van der Waals surface area (Å²) in [6.45, 7) is 2.48. The normalized spacial score (nSPS) is 25.4. The molecule has 0 aromatic rings. The maximum Gasteiger partial charge on any atom is 0.222 e. The van der Waals surface area contributed by atoms with Crippen LogP contribution in [0.2, 0.25) is 0 Å². The maximum absolute atomic E-state index is 11.8. The first-order chi connectivity index (χ1) is 7.65. The van der Waals surface area contributed by atoms with E-state index in [1.165, 1.54) is 12.8 Å². The molecule has 0 heterocycles. The van der Waals surface area contributed by atoms with Gasteiger partial charge in [-0.15, -0.1) is 0 Å². The van der Waals surface area contributed by atoms with E-state index in [9.17, 15) is 4.79 Å². The fourth-order valence-electron chi connectivity index (χ4n) is 2.40. The van der Waals surface area contributed by atoms with Crippen molar-refractivity contribution in [3.63, 3.8) is 0 Å².